The molecule has 0 spiro atoms. The molecule has 0 unspecified atom stereocenters. The van der Waals surface area contributed by atoms with E-state index in [2.05, 4.69) is 4.98 Å². The summed E-state index contributed by atoms with van der Waals surface area (Å²) in [5.41, 5.74) is 1.15. The number of aromatic nitrogens is 2. The van der Waals surface area contributed by atoms with E-state index in [-0.39, 0.29) is 11.2 Å². The summed E-state index contributed by atoms with van der Waals surface area (Å²) in [6.07, 6.45) is 3.71. The van der Waals surface area contributed by atoms with Crippen molar-refractivity contribution in [2.75, 3.05) is 7.11 Å². The van der Waals surface area contributed by atoms with E-state index in [1.165, 1.54) is 0 Å². The average Bonchev–Trinajstić information content (AvgIpc) is 2.99. The third kappa shape index (κ3) is 2.66. The SMILES string of the molecule is COc1cc(-n2ccnc2C)ccc1B1OC(C)(C)C(C)(C)O1. The molecule has 0 aliphatic carbocycles. The van der Waals surface area contributed by atoms with E-state index < -0.39 is 7.12 Å². The van der Waals surface area contributed by atoms with Gasteiger partial charge >= 0.3 is 7.12 Å². The van der Waals surface area contributed by atoms with Crippen LogP contribution >= 0.6 is 0 Å². The Morgan fingerprint density at radius 1 is 1.13 bits per heavy atom. The third-order valence-electron chi connectivity index (χ3n) is 4.83. The van der Waals surface area contributed by atoms with Gasteiger partial charge in [-0.15, -0.1) is 0 Å². The van der Waals surface area contributed by atoms with E-state index in [1.54, 1.807) is 13.3 Å². The van der Waals surface area contributed by atoms with Crippen LogP contribution in [0.3, 0.4) is 0 Å². The molecule has 2 aromatic rings. The molecule has 6 heteroatoms. The maximum atomic E-state index is 6.13. The number of aryl methyl sites for hydroxylation is 1. The minimum absolute atomic E-state index is 0.373. The number of hydrogen-bond donors (Lipinski definition) is 0. The Morgan fingerprint density at radius 3 is 2.30 bits per heavy atom. The summed E-state index contributed by atoms with van der Waals surface area (Å²) >= 11 is 0. The Balaban J connectivity index is 1.97. The number of hydrogen-bond acceptors (Lipinski definition) is 4. The summed E-state index contributed by atoms with van der Waals surface area (Å²) < 4.78 is 19.8. The second-order valence-corrected chi connectivity index (χ2v) is 6.86. The van der Waals surface area contributed by atoms with Gasteiger partial charge in [-0.3, -0.25) is 0 Å². The van der Waals surface area contributed by atoms with Crippen LogP contribution in [0.25, 0.3) is 5.69 Å². The van der Waals surface area contributed by atoms with Gasteiger partial charge in [0.05, 0.1) is 24.0 Å². The van der Waals surface area contributed by atoms with Crippen molar-refractivity contribution in [1.29, 1.82) is 0 Å². The molecular formula is C17H23BN2O3. The van der Waals surface area contributed by atoms with Crippen molar-refractivity contribution < 1.29 is 14.0 Å². The number of methoxy groups -OCH3 is 1. The number of benzene rings is 1. The fourth-order valence-electron chi connectivity index (χ4n) is 2.67. The molecule has 5 nitrogen and oxygen atoms in total. The maximum Gasteiger partial charge on any atom is 0.498 e. The van der Waals surface area contributed by atoms with E-state index in [0.29, 0.717) is 0 Å². The predicted octanol–water partition coefficient (Wildman–Crippen LogP) is 2.49. The van der Waals surface area contributed by atoms with Gasteiger partial charge in [0.15, 0.2) is 0 Å². The number of imidazole rings is 1. The van der Waals surface area contributed by atoms with Crippen molar-refractivity contribution in [2.45, 2.75) is 45.8 Å². The van der Waals surface area contributed by atoms with Crippen molar-refractivity contribution >= 4 is 12.6 Å². The smallest absolute Gasteiger partial charge is 0.497 e. The molecule has 23 heavy (non-hydrogen) atoms. The second kappa shape index (κ2) is 5.39. The van der Waals surface area contributed by atoms with Crippen molar-refractivity contribution in [1.82, 2.24) is 9.55 Å². The summed E-state index contributed by atoms with van der Waals surface area (Å²) in [6.45, 7) is 10.1. The van der Waals surface area contributed by atoms with Gasteiger partial charge < -0.3 is 18.6 Å². The fraction of sp³-hybridized carbons (Fsp3) is 0.471. The van der Waals surface area contributed by atoms with Crippen LogP contribution in [-0.2, 0) is 9.31 Å². The molecule has 3 rings (SSSR count). The van der Waals surface area contributed by atoms with Crippen molar-refractivity contribution in [2.24, 2.45) is 0 Å². The molecule has 1 aliphatic heterocycles. The first-order chi connectivity index (χ1) is 10.7. The first-order valence-corrected chi connectivity index (χ1v) is 7.79. The zero-order chi connectivity index (χ0) is 16.8. The molecule has 0 amide bonds. The van der Waals surface area contributed by atoms with Gasteiger partial charge in [-0.25, -0.2) is 4.98 Å². The van der Waals surface area contributed by atoms with Gasteiger partial charge in [-0.1, -0.05) is 6.07 Å². The van der Waals surface area contributed by atoms with Gasteiger partial charge in [0, 0.05) is 23.9 Å². The summed E-state index contributed by atoms with van der Waals surface area (Å²) in [5.74, 6) is 1.67. The standard InChI is InChI=1S/C17H23BN2O3/c1-12-19-9-10-20(12)13-7-8-14(15(11-13)21-6)18-22-16(2,3)17(4,5)23-18/h7-11H,1-6H3. The van der Waals surface area contributed by atoms with E-state index in [0.717, 1.165) is 22.7 Å². The molecule has 1 aromatic heterocycles. The minimum atomic E-state index is -0.437. The lowest BCUT2D eigenvalue weighted by Crippen LogP contribution is -2.41. The molecule has 1 saturated heterocycles. The normalized spacial score (nSPS) is 19.1. The first-order valence-electron chi connectivity index (χ1n) is 7.79. The molecule has 1 fully saturated rings. The highest BCUT2D eigenvalue weighted by Crippen LogP contribution is 2.37. The minimum Gasteiger partial charge on any atom is -0.497 e. The zero-order valence-corrected chi connectivity index (χ0v) is 14.6. The molecule has 2 heterocycles. The molecule has 1 aliphatic rings. The van der Waals surface area contributed by atoms with Gasteiger partial charge in [0.1, 0.15) is 11.6 Å². The van der Waals surface area contributed by atoms with Crippen LogP contribution in [0, 0.1) is 6.92 Å². The summed E-state index contributed by atoms with van der Waals surface area (Å²) in [6, 6.07) is 6.00. The fourth-order valence-corrected chi connectivity index (χ4v) is 2.67. The van der Waals surface area contributed by atoms with Crippen molar-refractivity contribution in [3.05, 3.63) is 36.4 Å². The Morgan fingerprint density at radius 2 is 1.78 bits per heavy atom. The van der Waals surface area contributed by atoms with Crippen LogP contribution < -0.4 is 10.2 Å². The number of ether oxygens (including phenoxy) is 1. The third-order valence-corrected chi connectivity index (χ3v) is 4.83. The molecule has 0 N–H and O–H groups in total. The largest absolute Gasteiger partial charge is 0.498 e. The average molecular weight is 314 g/mol. The van der Waals surface area contributed by atoms with Crippen molar-refractivity contribution in [3.63, 3.8) is 0 Å². The summed E-state index contributed by atoms with van der Waals surface area (Å²) in [4.78, 5) is 4.26. The second-order valence-electron chi connectivity index (χ2n) is 6.86. The Hall–Kier alpha value is -1.79. The van der Waals surface area contributed by atoms with Crippen LogP contribution in [0.2, 0.25) is 0 Å². The maximum absolute atomic E-state index is 6.13. The number of rotatable bonds is 3. The Kier molecular flexibility index (Phi) is 3.77. The summed E-state index contributed by atoms with van der Waals surface area (Å²) in [5, 5.41) is 0. The van der Waals surface area contributed by atoms with Crippen molar-refractivity contribution in [3.8, 4) is 11.4 Å². The predicted molar refractivity (Wildman–Crippen MR) is 90.6 cm³/mol. The lowest BCUT2D eigenvalue weighted by molar-refractivity contribution is 0.00578. The summed E-state index contributed by atoms with van der Waals surface area (Å²) in [7, 11) is 1.22. The van der Waals surface area contributed by atoms with E-state index in [9.17, 15) is 0 Å². The van der Waals surface area contributed by atoms with Gasteiger partial charge in [-0.05, 0) is 40.7 Å². The van der Waals surface area contributed by atoms with Gasteiger partial charge in [-0.2, -0.15) is 0 Å². The van der Waals surface area contributed by atoms with Crippen LogP contribution in [0.5, 0.6) is 5.75 Å². The zero-order valence-electron chi connectivity index (χ0n) is 14.6. The van der Waals surface area contributed by atoms with Gasteiger partial charge in [0.2, 0.25) is 0 Å². The topological polar surface area (TPSA) is 45.5 Å². The first kappa shape index (κ1) is 16.1. The highest BCUT2D eigenvalue weighted by atomic mass is 16.7. The van der Waals surface area contributed by atoms with Crippen LogP contribution in [0.4, 0.5) is 0 Å². The molecule has 0 atom stereocenters. The quantitative estimate of drug-likeness (QED) is 0.817. The van der Waals surface area contributed by atoms with Crippen LogP contribution in [0.15, 0.2) is 30.6 Å². The highest BCUT2D eigenvalue weighted by Gasteiger charge is 2.52. The Labute approximate surface area is 137 Å². The molecular weight excluding hydrogens is 291 g/mol. The van der Waals surface area contributed by atoms with Crippen LogP contribution in [0.1, 0.15) is 33.5 Å². The Bertz CT molecular complexity index is 708. The lowest BCUT2D eigenvalue weighted by atomic mass is 9.78. The van der Waals surface area contributed by atoms with E-state index in [1.807, 2.05) is 63.6 Å². The molecule has 0 saturated carbocycles. The molecule has 0 radical (unpaired) electrons. The highest BCUT2D eigenvalue weighted by molar-refractivity contribution is 6.63. The molecule has 1 aromatic carbocycles. The van der Waals surface area contributed by atoms with Crippen LogP contribution in [-0.4, -0.2) is 35.0 Å². The monoisotopic (exact) mass is 314 g/mol. The molecule has 122 valence electrons. The van der Waals surface area contributed by atoms with E-state index in [4.69, 9.17) is 14.0 Å². The van der Waals surface area contributed by atoms with E-state index >= 15 is 0 Å². The number of nitrogens with zero attached hydrogens (tertiary/aromatic N) is 2. The molecule has 0 bridgehead atoms. The van der Waals surface area contributed by atoms with Gasteiger partial charge in [0.25, 0.3) is 0 Å². The lowest BCUT2D eigenvalue weighted by Gasteiger charge is -2.32.